The number of carbonyl (C=O) groups is 1. The molecule has 136 valence electrons. The first kappa shape index (κ1) is 21.7. The van der Waals surface area contributed by atoms with Gasteiger partial charge in [-0.2, -0.15) is 0 Å². The number of rotatable bonds is 10. The van der Waals surface area contributed by atoms with E-state index in [1.165, 1.54) is 0 Å². The third-order valence-corrected chi connectivity index (χ3v) is 3.07. The van der Waals surface area contributed by atoms with Gasteiger partial charge in [-0.3, -0.25) is 9.79 Å². The first-order chi connectivity index (χ1) is 10.8. The van der Waals surface area contributed by atoms with Gasteiger partial charge in [0.15, 0.2) is 5.96 Å². The number of ether oxygens (including phenoxy) is 1. The van der Waals surface area contributed by atoms with Crippen LogP contribution < -0.4 is 16.0 Å². The summed E-state index contributed by atoms with van der Waals surface area (Å²) < 4.78 is 5.55. The van der Waals surface area contributed by atoms with E-state index in [1.807, 2.05) is 27.7 Å². The lowest BCUT2D eigenvalue weighted by atomic mass is 9.96. The van der Waals surface area contributed by atoms with Gasteiger partial charge in [0.2, 0.25) is 5.91 Å². The largest absolute Gasteiger partial charge is 0.380 e. The molecule has 0 fully saturated rings. The highest BCUT2D eigenvalue weighted by atomic mass is 16.5. The fourth-order valence-corrected chi connectivity index (χ4v) is 1.61. The Labute approximate surface area is 141 Å². The number of amides is 1. The number of hydrogen-bond donors (Lipinski definition) is 3. The van der Waals surface area contributed by atoms with Gasteiger partial charge >= 0.3 is 0 Å². The third-order valence-electron chi connectivity index (χ3n) is 3.07. The zero-order chi connectivity index (χ0) is 17.7. The molecule has 0 saturated heterocycles. The number of nitrogens with zero attached hydrogens (tertiary/aromatic N) is 1. The van der Waals surface area contributed by atoms with Crippen molar-refractivity contribution >= 4 is 11.9 Å². The number of carbonyl (C=O) groups excluding carboxylic acids is 1. The number of guanidine groups is 1. The van der Waals surface area contributed by atoms with Crippen molar-refractivity contribution in [1.82, 2.24) is 16.0 Å². The Morgan fingerprint density at radius 3 is 2.30 bits per heavy atom. The average Bonchev–Trinajstić information content (AvgIpc) is 2.45. The highest BCUT2D eigenvalue weighted by Gasteiger charge is 2.20. The highest BCUT2D eigenvalue weighted by Crippen LogP contribution is 2.11. The predicted octanol–water partition coefficient (Wildman–Crippen LogP) is 1.77. The summed E-state index contributed by atoms with van der Waals surface area (Å²) in [5, 5.41) is 9.29. The van der Waals surface area contributed by atoms with E-state index in [0.29, 0.717) is 32.2 Å². The number of hydrogen-bond acceptors (Lipinski definition) is 3. The maximum atomic E-state index is 11.8. The Balaban J connectivity index is 3.92. The van der Waals surface area contributed by atoms with E-state index in [2.05, 4.69) is 34.8 Å². The minimum Gasteiger partial charge on any atom is -0.380 e. The van der Waals surface area contributed by atoms with Crippen molar-refractivity contribution in [3.05, 3.63) is 0 Å². The zero-order valence-corrected chi connectivity index (χ0v) is 15.8. The summed E-state index contributed by atoms with van der Waals surface area (Å²) in [4.78, 5) is 16.2. The van der Waals surface area contributed by atoms with Crippen molar-refractivity contribution in [2.45, 2.75) is 48.0 Å². The summed E-state index contributed by atoms with van der Waals surface area (Å²) in [6.07, 6.45) is 1.08. The summed E-state index contributed by atoms with van der Waals surface area (Å²) in [7, 11) is 0. The van der Waals surface area contributed by atoms with E-state index >= 15 is 0 Å². The lowest BCUT2D eigenvalue weighted by Crippen LogP contribution is -2.43. The van der Waals surface area contributed by atoms with Crippen LogP contribution in [0.25, 0.3) is 0 Å². The lowest BCUT2D eigenvalue weighted by Gasteiger charge is -2.18. The monoisotopic (exact) mass is 328 g/mol. The zero-order valence-electron chi connectivity index (χ0n) is 15.8. The van der Waals surface area contributed by atoms with Gasteiger partial charge in [0.25, 0.3) is 0 Å². The second-order valence-corrected chi connectivity index (χ2v) is 6.99. The summed E-state index contributed by atoms with van der Waals surface area (Å²) >= 11 is 0. The normalized spacial score (nSPS) is 12.4. The van der Waals surface area contributed by atoms with E-state index in [0.717, 1.165) is 25.5 Å². The molecular formula is C17H36N4O2. The summed E-state index contributed by atoms with van der Waals surface area (Å²) in [5.74, 6) is 1.48. The van der Waals surface area contributed by atoms with Gasteiger partial charge in [0.05, 0.1) is 13.2 Å². The molecule has 0 bridgehead atoms. The Morgan fingerprint density at radius 2 is 1.74 bits per heavy atom. The molecule has 0 aliphatic heterocycles. The third kappa shape index (κ3) is 12.9. The van der Waals surface area contributed by atoms with Crippen molar-refractivity contribution in [2.24, 2.45) is 16.3 Å². The molecule has 1 amide bonds. The van der Waals surface area contributed by atoms with Crippen molar-refractivity contribution in [3.8, 4) is 0 Å². The second kappa shape index (κ2) is 12.2. The van der Waals surface area contributed by atoms with Gasteiger partial charge in [-0.25, -0.2) is 0 Å². The van der Waals surface area contributed by atoms with Gasteiger partial charge in [0, 0.05) is 31.7 Å². The average molecular weight is 329 g/mol. The molecule has 0 unspecified atom stereocenters. The Hall–Kier alpha value is -1.30. The Kier molecular flexibility index (Phi) is 11.5. The quantitative estimate of drug-likeness (QED) is 0.325. The van der Waals surface area contributed by atoms with Crippen molar-refractivity contribution < 1.29 is 9.53 Å². The molecule has 0 radical (unpaired) electrons. The van der Waals surface area contributed by atoms with Crippen LogP contribution in [0.5, 0.6) is 0 Å². The van der Waals surface area contributed by atoms with Crippen molar-refractivity contribution in [3.63, 3.8) is 0 Å². The van der Waals surface area contributed by atoms with E-state index in [-0.39, 0.29) is 11.3 Å². The molecule has 23 heavy (non-hydrogen) atoms. The lowest BCUT2D eigenvalue weighted by molar-refractivity contribution is -0.128. The van der Waals surface area contributed by atoms with Crippen LogP contribution >= 0.6 is 0 Å². The van der Waals surface area contributed by atoms with Gasteiger partial charge in [-0.1, -0.05) is 34.6 Å². The molecule has 0 aliphatic rings. The standard InChI is InChI=1S/C17H36N4O2/c1-7-18-16(21-11-13-23-12-8-14(2)3)20-10-9-19-15(22)17(4,5)6/h14H,7-13H2,1-6H3,(H,19,22)(H2,18,20,21). The fraction of sp³-hybridized carbons (Fsp3) is 0.882. The molecule has 3 N–H and O–H groups in total. The van der Waals surface area contributed by atoms with Gasteiger partial charge in [-0.15, -0.1) is 0 Å². The Bertz CT molecular complexity index is 349. The van der Waals surface area contributed by atoms with E-state index in [1.54, 1.807) is 0 Å². The molecule has 0 spiro atoms. The maximum absolute atomic E-state index is 11.8. The molecule has 0 heterocycles. The van der Waals surface area contributed by atoms with Crippen LogP contribution in [0, 0.1) is 11.3 Å². The van der Waals surface area contributed by atoms with Gasteiger partial charge in [0.1, 0.15) is 0 Å². The summed E-state index contributed by atoms with van der Waals surface area (Å²) in [5.41, 5.74) is -0.355. The topological polar surface area (TPSA) is 74.8 Å². The molecule has 6 heteroatoms. The number of nitrogens with one attached hydrogen (secondary N) is 3. The van der Waals surface area contributed by atoms with E-state index in [4.69, 9.17) is 4.74 Å². The minimum absolute atomic E-state index is 0.0554. The van der Waals surface area contributed by atoms with E-state index < -0.39 is 0 Å². The van der Waals surface area contributed by atoms with E-state index in [9.17, 15) is 4.79 Å². The highest BCUT2D eigenvalue weighted by molar-refractivity contribution is 5.81. The molecule has 0 aliphatic carbocycles. The molecule has 0 saturated carbocycles. The SMILES string of the molecule is CCNC(=NCCOCCC(C)C)NCCNC(=O)C(C)(C)C. The first-order valence-electron chi connectivity index (χ1n) is 8.65. The van der Waals surface area contributed by atoms with Crippen LogP contribution in [-0.4, -0.2) is 51.3 Å². The van der Waals surface area contributed by atoms with Crippen molar-refractivity contribution in [2.75, 3.05) is 39.4 Å². The maximum Gasteiger partial charge on any atom is 0.225 e. The van der Waals surface area contributed by atoms with Gasteiger partial charge < -0.3 is 20.7 Å². The van der Waals surface area contributed by atoms with Crippen LogP contribution in [0.1, 0.15) is 48.0 Å². The second-order valence-electron chi connectivity index (χ2n) is 6.99. The van der Waals surface area contributed by atoms with Crippen LogP contribution in [0.15, 0.2) is 4.99 Å². The molecule has 0 aromatic heterocycles. The molecular weight excluding hydrogens is 292 g/mol. The molecule has 0 atom stereocenters. The predicted molar refractivity (Wildman–Crippen MR) is 96.7 cm³/mol. The fourth-order valence-electron chi connectivity index (χ4n) is 1.61. The summed E-state index contributed by atoms with van der Waals surface area (Å²) in [6, 6.07) is 0. The summed E-state index contributed by atoms with van der Waals surface area (Å²) in [6.45, 7) is 16.2. The van der Waals surface area contributed by atoms with Gasteiger partial charge in [-0.05, 0) is 19.3 Å². The number of aliphatic imine (C=N–C) groups is 1. The molecule has 6 nitrogen and oxygen atoms in total. The molecule has 0 aromatic carbocycles. The first-order valence-corrected chi connectivity index (χ1v) is 8.65. The van der Waals surface area contributed by atoms with Crippen molar-refractivity contribution in [1.29, 1.82) is 0 Å². The molecule has 0 aromatic rings. The van der Waals surface area contributed by atoms with Crippen LogP contribution in [0.4, 0.5) is 0 Å². The Morgan fingerprint density at radius 1 is 1.09 bits per heavy atom. The van der Waals surface area contributed by atoms with Crippen LogP contribution in [0.3, 0.4) is 0 Å². The smallest absolute Gasteiger partial charge is 0.225 e. The van der Waals surface area contributed by atoms with Crippen LogP contribution in [0.2, 0.25) is 0 Å². The molecule has 0 rings (SSSR count). The minimum atomic E-state index is -0.355. The van der Waals surface area contributed by atoms with Crippen LogP contribution in [-0.2, 0) is 9.53 Å².